The van der Waals surface area contributed by atoms with Crippen LogP contribution in [0.15, 0.2) is 48.7 Å². The van der Waals surface area contributed by atoms with E-state index in [0.29, 0.717) is 17.6 Å². The zero-order valence-corrected chi connectivity index (χ0v) is 17.6. The van der Waals surface area contributed by atoms with Gasteiger partial charge in [0, 0.05) is 18.2 Å². The van der Waals surface area contributed by atoms with Gasteiger partial charge in [-0.05, 0) is 59.9 Å². The lowest BCUT2D eigenvalue weighted by atomic mass is 9.57. The Labute approximate surface area is 173 Å². The first kappa shape index (κ1) is 20.0. The van der Waals surface area contributed by atoms with Crippen LogP contribution in [0.2, 0.25) is 0 Å². The minimum Gasteiger partial charge on any atom is -0.299 e. The Hall–Kier alpha value is -2.29. The summed E-state index contributed by atoms with van der Waals surface area (Å²) in [6.07, 6.45) is 11.5. The third kappa shape index (κ3) is 3.56. The van der Waals surface area contributed by atoms with Crippen molar-refractivity contribution in [3.63, 3.8) is 0 Å². The standard InChI is InChI=1S/C26H30FNO/c1-25(2,3)26(23-10-5-4-7-19(23)16-24(26)29)14-13-22-12-11-20(17-28-22)18-8-6-9-21(27)15-18/h6,8-9,11-15,17,19,23H,4-5,7,10,16H2,1-3H3/b14-13+/t19-,23-,26-/m1/s1. The first-order chi connectivity index (χ1) is 13.8. The van der Waals surface area contributed by atoms with Crippen LogP contribution in [0.3, 0.4) is 0 Å². The zero-order valence-electron chi connectivity index (χ0n) is 17.6. The zero-order chi connectivity index (χ0) is 20.6. The average molecular weight is 392 g/mol. The van der Waals surface area contributed by atoms with E-state index in [0.717, 1.165) is 29.7 Å². The van der Waals surface area contributed by atoms with E-state index in [4.69, 9.17) is 0 Å². The van der Waals surface area contributed by atoms with Crippen LogP contribution in [0.25, 0.3) is 17.2 Å². The minimum absolute atomic E-state index is 0.126. The van der Waals surface area contributed by atoms with Gasteiger partial charge in [0.05, 0.1) is 11.1 Å². The second-order valence-electron chi connectivity index (χ2n) is 9.71. The normalized spacial score (nSPS) is 27.4. The van der Waals surface area contributed by atoms with Crippen LogP contribution >= 0.6 is 0 Å². The molecule has 0 unspecified atom stereocenters. The van der Waals surface area contributed by atoms with Crippen molar-refractivity contribution in [3.05, 3.63) is 60.2 Å². The molecule has 1 aromatic carbocycles. The number of allylic oxidation sites excluding steroid dienone is 1. The van der Waals surface area contributed by atoms with Gasteiger partial charge in [-0.1, -0.05) is 57.9 Å². The fourth-order valence-electron chi connectivity index (χ4n) is 5.67. The molecule has 4 rings (SSSR count). The molecule has 2 aromatic rings. The number of ketones is 1. The maximum atomic E-state index is 13.5. The number of carbonyl (C=O) groups is 1. The van der Waals surface area contributed by atoms with Gasteiger partial charge in [0.1, 0.15) is 11.6 Å². The van der Waals surface area contributed by atoms with Crippen LogP contribution in [0.1, 0.15) is 58.6 Å². The summed E-state index contributed by atoms with van der Waals surface area (Å²) in [5.41, 5.74) is 1.99. The molecule has 0 aliphatic heterocycles. The lowest BCUT2D eigenvalue weighted by Crippen LogP contribution is -2.44. The monoisotopic (exact) mass is 391 g/mol. The van der Waals surface area contributed by atoms with E-state index in [-0.39, 0.29) is 11.2 Å². The summed E-state index contributed by atoms with van der Waals surface area (Å²) in [4.78, 5) is 17.9. The number of hydrogen-bond acceptors (Lipinski definition) is 2. The van der Waals surface area contributed by atoms with Crippen molar-refractivity contribution < 1.29 is 9.18 Å². The number of nitrogens with zero attached hydrogens (tertiary/aromatic N) is 1. The molecule has 2 saturated carbocycles. The first-order valence-electron chi connectivity index (χ1n) is 10.8. The molecule has 2 aliphatic rings. The Morgan fingerprint density at radius 3 is 2.59 bits per heavy atom. The number of halogens is 1. The number of hydrogen-bond donors (Lipinski definition) is 0. The number of pyridine rings is 1. The summed E-state index contributed by atoms with van der Waals surface area (Å²) in [5.74, 6) is 1.12. The average Bonchev–Trinajstić information content (AvgIpc) is 2.99. The van der Waals surface area contributed by atoms with Crippen LogP contribution in [-0.2, 0) is 4.79 Å². The van der Waals surface area contributed by atoms with Crippen molar-refractivity contribution >= 4 is 11.9 Å². The van der Waals surface area contributed by atoms with Gasteiger partial charge < -0.3 is 0 Å². The number of aromatic nitrogens is 1. The Kier molecular flexibility index (Phi) is 5.18. The lowest BCUT2D eigenvalue weighted by Gasteiger charge is -2.45. The van der Waals surface area contributed by atoms with Crippen molar-refractivity contribution in [1.82, 2.24) is 4.98 Å². The predicted molar refractivity (Wildman–Crippen MR) is 116 cm³/mol. The number of rotatable bonds is 3. The molecule has 0 spiro atoms. The van der Waals surface area contributed by atoms with Crippen molar-refractivity contribution in [2.45, 2.75) is 52.9 Å². The molecule has 0 amide bonds. The molecule has 2 aliphatic carbocycles. The highest BCUT2D eigenvalue weighted by atomic mass is 19.1. The first-order valence-corrected chi connectivity index (χ1v) is 10.8. The van der Waals surface area contributed by atoms with E-state index >= 15 is 0 Å². The molecule has 29 heavy (non-hydrogen) atoms. The van der Waals surface area contributed by atoms with Crippen LogP contribution in [0.4, 0.5) is 4.39 Å². The van der Waals surface area contributed by atoms with Crippen LogP contribution < -0.4 is 0 Å². The van der Waals surface area contributed by atoms with Gasteiger partial charge in [0.2, 0.25) is 0 Å². The summed E-state index contributed by atoms with van der Waals surface area (Å²) >= 11 is 0. The van der Waals surface area contributed by atoms with Crippen LogP contribution in [0, 0.1) is 28.5 Å². The highest BCUT2D eigenvalue weighted by Gasteiger charge is 2.58. The maximum Gasteiger partial charge on any atom is 0.143 e. The molecular weight excluding hydrogens is 361 g/mol. The quantitative estimate of drug-likeness (QED) is 0.582. The maximum absolute atomic E-state index is 13.5. The van der Waals surface area contributed by atoms with E-state index in [2.05, 4.69) is 31.8 Å². The molecule has 0 bridgehead atoms. The Bertz CT molecular complexity index is 924. The van der Waals surface area contributed by atoms with E-state index in [1.807, 2.05) is 24.3 Å². The SMILES string of the molecule is CC(C)(C)[C@@]1(/C=C/c2ccc(-c3cccc(F)c3)cn2)C(=O)C[C@H]2CCCC[C@H]21. The second-order valence-corrected chi connectivity index (χ2v) is 9.71. The van der Waals surface area contributed by atoms with Gasteiger partial charge in [-0.25, -0.2) is 4.39 Å². The van der Waals surface area contributed by atoms with E-state index < -0.39 is 5.41 Å². The largest absolute Gasteiger partial charge is 0.299 e. The van der Waals surface area contributed by atoms with Crippen molar-refractivity contribution in [1.29, 1.82) is 0 Å². The van der Waals surface area contributed by atoms with Gasteiger partial charge >= 0.3 is 0 Å². The Morgan fingerprint density at radius 1 is 1.10 bits per heavy atom. The number of benzene rings is 1. The van der Waals surface area contributed by atoms with Gasteiger partial charge in [-0.2, -0.15) is 0 Å². The minimum atomic E-state index is -0.416. The van der Waals surface area contributed by atoms with E-state index in [1.54, 1.807) is 12.3 Å². The molecule has 1 heterocycles. The third-order valence-corrected chi connectivity index (χ3v) is 7.11. The lowest BCUT2D eigenvalue weighted by molar-refractivity contribution is -0.130. The summed E-state index contributed by atoms with van der Waals surface area (Å²) in [7, 11) is 0. The van der Waals surface area contributed by atoms with E-state index in [1.165, 1.54) is 31.4 Å². The molecule has 1 aromatic heterocycles. The number of carbonyl (C=O) groups excluding carboxylic acids is 1. The highest BCUT2D eigenvalue weighted by Crippen LogP contribution is 2.59. The van der Waals surface area contributed by atoms with E-state index in [9.17, 15) is 9.18 Å². The predicted octanol–water partition coefficient (Wildman–Crippen LogP) is 6.71. The van der Waals surface area contributed by atoms with Crippen LogP contribution in [-0.4, -0.2) is 10.8 Å². The summed E-state index contributed by atoms with van der Waals surface area (Å²) in [6, 6.07) is 10.5. The molecule has 0 saturated heterocycles. The third-order valence-electron chi connectivity index (χ3n) is 7.11. The Morgan fingerprint density at radius 2 is 1.90 bits per heavy atom. The molecule has 152 valence electrons. The molecule has 0 radical (unpaired) electrons. The summed E-state index contributed by atoms with van der Waals surface area (Å²) in [6.45, 7) is 6.60. The number of Topliss-reactive ketones (excluding diaryl/α,β-unsaturated/α-hetero) is 1. The molecule has 3 heteroatoms. The molecule has 2 fully saturated rings. The molecular formula is C26H30FNO. The summed E-state index contributed by atoms with van der Waals surface area (Å²) in [5, 5.41) is 0. The van der Waals surface area contributed by atoms with Gasteiger partial charge in [0.25, 0.3) is 0 Å². The smallest absolute Gasteiger partial charge is 0.143 e. The second kappa shape index (κ2) is 7.51. The number of fused-ring (bicyclic) bond motifs is 1. The molecule has 3 atom stereocenters. The van der Waals surface area contributed by atoms with Crippen molar-refractivity contribution in [3.8, 4) is 11.1 Å². The highest BCUT2D eigenvalue weighted by molar-refractivity contribution is 5.91. The van der Waals surface area contributed by atoms with Gasteiger partial charge in [-0.15, -0.1) is 0 Å². The van der Waals surface area contributed by atoms with Crippen molar-refractivity contribution in [2.24, 2.45) is 22.7 Å². The van der Waals surface area contributed by atoms with Gasteiger partial charge in [-0.3, -0.25) is 9.78 Å². The van der Waals surface area contributed by atoms with Crippen molar-refractivity contribution in [2.75, 3.05) is 0 Å². The molecule has 0 N–H and O–H groups in total. The fraction of sp³-hybridized carbons (Fsp3) is 0.462. The van der Waals surface area contributed by atoms with Gasteiger partial charge in [0.15, 0.2) is 0 Å². The fourth-order valence-corrected chi connectivity index (χ4v) is 5.67. The summed E-state index contributed by atoms with van der Waals surface area (Å²) < 4.78 is 13.5. The Balaban J connectivity index is 1.64. The topological polar surface area (TPSA) is 30.0 Å². The van der Waals surface area contributed by atoms with Crippen LogP contribution in [0.5, 0.6) is 0 Å². The molecule has 2 nitrogen and oxygen atoms in total.